The summed E-state index contributed by atoms with van der Waals surface area (Å²) >= 11 is 0. The first kappa shape index (κ1) is 13.0. The quantitative estimate of drug-likeness (QED) is 0.740. The van der Waals surface area contributed by atoms with E-state index in [0.717, 1.165) is 5.69 Å². The van der Waals surface area contributed by atoms with Crippen molar-refractivity contribution in [3.63, 3.8) is 0 Å². The predicted molar refractivity (Wildman–Crippen MR) is 73.6 cm³/mol. The second-order valence-corrected chi connectivity index (χ2v) is 4.45. The monoisotopic (exact) mass is 283 g/mol. The molecule has 0 fully saturated rings. The molecule has 1 atom stereocenters. The van der Waals surface area contributed by atoms with Gasteiger partial charge in [0, 0.05) is 5.69 Å². The van der Waals surface area contributed by atoms with Gasteiger partial charge in [-0.1, -0.05) is 23.4 Å². The molecule has 8 heteroatoms. The van der Waals surface area contributed by atoms with Gasteiger partial charge in [0.05, 0.1) is 18.6 Å². The van der Waals surface area contributed by atoms with Gasteiger partial charge < -0.3 is 5.32 Å². The van der Waals surface area contributed by atoms with Crippen LogP contribution in [0.25, 0.3) is 5.69 Å². The van der Waals surface area contributed by atoms with Crippen molar-refractivity contribution in [1.82, 2.24) is 35.5 Å². The zero-order chi connectivity index (χ0) is 14.7. The number of nitrogens with zero attached hydrogens (tertiary/aromatic N) is 5. The number of H-pyrrole nitrogens is 1. The number of hydrogen-bond donors (Lipinski definition) is 2. The minimum Gasteiger partial charge on any atom is -0.341 e. The smallest absolute Gasteiger partial charge is 0.270 e. The van der Waals surface area contributed by atoms with Gasteiger partial charge in [-0.05, 0) is 19.1 Å². The summed E-state index contributed by atoms with van der Waals surface area (Å²) in [4.78, 5) is 16.4. The lowest BCUT2D eigenvalue weighted by Gasteiger charge is -2.11. The first-order valence-electron chi connectivity index (χ1n) is 6.37. The van der Waals surface area contributed by atoms with E-state index >= 15 is 0 Å². The Hall–Kier alpha value is -3.03. The van der Waals surface area contributed by atoms with Crippen LogP contribution in [0.3, 0.4) is 0 Å². The highest BCUT2D eigenvalue weighted by molar-refractivity contribution is 5.93. The molecule has 2 aromatic heterocycles. The third-order valence-corrected chi connectivity index (χ3v) is 3.00. The molecule has 8 nitrogen and oxygen atoms in total. The summed E-state index contributed by atoms with van der Waals surface area (Å²) in [5, 5.41) is 16.3. The van der Waals surface area contributed by atoms with Crippen molar-refractivity contribution in [1.29, 1.82) is 0 Å². The molecule has 0 aliphatic carbocycles. The third-order valence-electron chi connectivity index (χ3n) is 3.00. The Kier molecular flexibility index (Phi) is 3.42. The summed E-state index contributed by atoms with van der Waals surface area (Å²) in [5.41, 5.74) is 1.31. The molecule has 21 heavy (non-hydrogen) atoms. The van der Waals surface area contributed by atoms with Crippen molar-refractivity contribution in [2.24, 2.45) is 0 Å². The van der Waals surface area contributed by atoms with Crippen LogP contribution in [0.5, 0.6) is 0 Å². The number of carbonyl (C=O) groups excluding carboxylic acids is 1. The molecule has 2 N–H and O–H groups in total. The lowest BCUT2D eigenvalue weighted by molar-refractivity contribution is 0.0931. The fourth-order valence-electron chi connectivity index (χ4n) is 1.95. The van der Waals surface area contributed by atoms with Crippen LogP contribution in [-0.2, 0) is 0 Å². The largest absolute Gasteiger partial charge is 0.341 e. The van der Waals surface area contributed by atoms with Gasteiger partial charge in [-0.15, -0.1) is 10.2 Å². The Bertz CT molecular complexity index is 720. The van der Waals surface area contributed by atoms with Crippen LogP contribution in [0, 0.1) is 0 Å². The van der Waals surface area contributed by atoms with Crippen molar-refractivity contribution < 1.29 is 4.79 Å². The van der Waals surface area contributed by atoms with E-state index in [-0.39, 0.29) is 11.9 Å². The Balaban J connectivity index is 1.82. The van der Waals surface area contributed by atoms with Crippen LogP contribution < -0.4 is 5.32 Å². The van der Waals surface area contributed by atoms with Crippen LogP contribution in [0.4, 0.5) is 0 Å². The number of tetrazole rings is 1. The number of aromatic nitrogens is 6. The summed E-state index contributed by atoms with van der Waals surface area (Å²) in [6.45, 7) is 1.78. The SMILES string of the molecule is CC(NC(=O)c1cncn1-c1ccccc1)c1nn[nH]n1. The normalized spacial score (nSPS) is 12.0. The second kappa shape index (κ2) is 5.53. The average molecular weight is 283 g/mol. The number of imidazole rings is 1. The minimum atomic E-state index is -0.352. The molecule has 3 aromatic rings. The number of nitrogens with one attached hydrogen (secondary N) is 2. The fourth-order valence-corrected chi connectivity index (χ4v) is 1.95. The van der Waals surface area contributed by atoms with Crippen molar-refractivity contribution in [3.05, 3.63) is 54.4 Å². The predicted octanol–water partition coefficient (Wildman–Crippen LogP) is 0.876. The number of aromatic amines is 1. The van der Waals surface area contributed by atoms with Gasteiger partial charge in [0.2, 0.25) is 0 Å². The van der Waals surface area contributed by atoms with E-state index in [1.807, 2.05) is 30.3 Å². The molecule has 1 amide bonds. The molecule has 1 aromatic carbocycles. The fraction of sp³-hybridized carbons (Fsp3) is 0.154. The molecule has 0 bridgehead atoms. The van der Waals surface area contributed by atoms with Crippen molar-refractivity contribution >= 4 is 5.91 Å². The maximum absolute atomic E-state index is 12.3. The van der Waals surface area contributed by atoms with Gasteiger partial charge in [0.15, 0.2) is 5.82 Å². The van der Waals surface area contributed by atoms with Crippen molar-refractivity contribution in [2.45, 2.75) is 13.0 Å². The van der Waals surface area contributed by atoms with Crippen LogP contribution >= 0.6 is 0 Å². The molecule has 0 aliphatic rings. The Morgan fingerprint density at radius 1 is 1.33 bits per heavy atom. The maximum Gasteiger partial charge on any atom is 0.270 e. The Labute approximate surface area is 120 Å². The van der Waals surface area contributed by atoms with Crippen LogP contribution in [-0.4, -0.2) is 36.1 Å². The molecule has 0 saturated carbocycles. The van der Waals surface area contributed by atoms with Gasteiger partial charge in [0.25, 0.3) is 5.91 Å². The minimum absolute atomic E-state index is 0.256. The Morgan fingerprint density at radius 3 is 2.86 bits per heavy atom. The molecule has 1 unspecified atom stereocenters. The Morgan fingerprint density at radius 2 is 2.14 bits per heavy atom. The van der Waals surface area contributed by atoms with E-state index in [1.165, 1.54) is 6.20 Å². The van der Waals surface area contributed by atoms with Crippen LogP contribution in [0.2, 0.25) is 0 Å². The van der Waals surface area contributed by atoms with E-state index in [9.17, 15) is 4.79 Å². The molecular weight excluding hydrogens is 270 g/mol. The zero-order valence-electron chi connectivity index (χ0n) is 11.3. The van der Waals surface area contributed by atoms with Crippen molar-refractivity contribution in [2.75, 3.05) is 0 Å². The lowest BCUT2D eigenvalue weighted by atomic mass is 10.3. The number of rotatable bonds is 4. The van der Waals surface area contributed by atoms with Gasteiger partial charge in [0.1, 0.15) is 5.69 Å². The first-order chi connectivity index (χ1) is 10.3. The standard InChI is InChI=1S/C13H13N7O/c1-9(12-16-18-19-17-12)15-13(21)11-7-14-8-20(11)10-5-3-2-4-6-10/h2-9H,1H3,(H,15,21)(H,16,17,18,19). The van der Waals surface area contributed by atoms with Crippen LogP contribution in [0.15, 0.2) is 42.9 Å². The molecule has 0 radical (unpaired) electrons. The summed E-state index contributed by atoms with van der Waals surface area (Å²) in [5.74, 6) is 0.169. The van der Waals surface area contributed by atoms with E-state index in [0.29, 0.717) is 11.5 Å². The third kappa shape index (κ3) is 2.64. The second-order valence-electron chi connectivity index (χ2n) is 4.45. The van der Waals surface area contributed by atoms with E-state index in [1.54, 1.807) is 17.8 Å². The number of amides is 1. The summed E-state index contributed by atoms with van der Waals surface area (Å²) in [7, 11) is 0. The number of para-hydroxylation sites is 1. The topological polar surface area (TPSA) is 101 Å². The lowest BCUT2D eigenvalue weighted by Crippen LogP contribution is -2.29. The molecule has 106 valence electrons. The van der Waals surface area contributed by atoms with E-state index < -0.39 is 0 Å². The number of hydrogen-bond acceptors (Lipinski definition) is 5. The zero-order valence-corrected chi connectivity index (χ0v) is 11.3. The van der Waals surface area contributed by atoms with Gasteiger partial charge >= 0.3 is 0 Å². The van der Waals surface area contributed by atoms with Gasteiger partial charge in [-0.2, -0.15) is 5.21 Å². The summed E-state index contributed by atoms with van der Waals surface area (Å²) in [6.07, 6.45) is 3.12. The highest BCUT2D eigenvalue weighted by Gasteiger charge is 2.18. The molecule has 3 rings (SSSR count). The number of carbonyl (C=O) groups is 1. The maximum atomic E-state index is 12.3. The molecule has 0 spiro atoms. The first-order valence-corrected chi connectivity index (χ1v) is 6.37. The highest BCUT2D eigenvalue weighted by atomic mass is 16.2. The van der Waals surface area contributed by atoms with E-state index in [2.05, 4.69) is 30.9 Å². The molecule has 2 heterocycles. The molecule has 0 saturated heterocycles. The van der Waals surface area contributed by atoms with Crippen molar-refractivity contribution in [3.8, 4) is 5.69 Å². The van der Waals surface area contributed by atoms with Gasteiger partial charge in [-0.25, -0.2) is 4.98 Å². The summed E-state index contributed by atoms with van der Waals surface area (Å²) < 4.78 is 1.72. The van der Waals surface area contributed by atoms with Crippen LogP contribution in [0.1, 0.15) is 29.3 Å². The van der Waals surface area contributed by atoms with Gasteiger partial charge in [-0.3, -0.25) is 9.36 Å². The summed E-state index contributed by atoms with van der Waals surface area (Å²) in [6, 6.07) is 9.17. The van der Waals surface area contributed by atoms with E-state index in [4.69, 9.17) is 0 Å². The highest BCUT2D eigenvalue weighted by Crippen LogP contribution is 2.12. The average Bonchev–Trinajstić information content (AvgIpc) is 3.19. The molecule has 0 aliphatic heterocycles. The molecular formula is C13H13N7O. The number of benzene rings is 1.